The van der Waals surface area contributed by atoms with Crippen LogP contribution in [-0.4, -0.2) is 46.1 Å². The number of aromatic nitrogens is 3. The van der Waals surface area contributed by atoms with Crippen LogP contribution in [0.5, 0.6) is 5.75 Å². The zero-order chi connectivity index (χ0) is 22.5. The first kappa shape index (κ1) is 22.2. The number of rotatable bonds is 7. The van der Waals surface area contributed by atoms with Crippen molar-refractivity contribution in [2.24, 2.45) is 7.05 Å². The lowest BCUT2D eigenvalue weighted by atomic mass is 10.1. The standard InChI is InChI=1S/C24H29N5O2S/c1-17(23(30)25-19-9-11-20(12-10-19)29-15-5-4-6-16-29)32-24-27-26-22(28(24)2)18-7-13-21(31-3)14-8-18/h7-14,17H,4-6,15-16H2,1-3H3,(H,25,30). The Morgan fingerprint density at radius 1 is 1.03 bits per heavy atom. The second-order valence-corrected chi connectivity index (χ2v) is 9.25. The molecule has 168 valence electrons. The molecule has 3 aromatic rings. The van der Waals surface area contributed by atoms with Gasteiger partial charge in [-0.1, -0.05) is 11.8 Å². The van der Waals surface area contributed by atoms with Crippen molar-refractivity contribution >= 4 is 29.0 Å². The summed E-state index contributed by atoms with van der Waals surface area (Å²) in [7, 11) is 3.55. The minimum absolute atomic E-state index is 0.0604. The number of hydrogen-bond donors (Lipinski definition) is 1. The zero-order valence-electron chi connectivity index (χ0n) is 18.7. The molecule has 8 heteroatoms. The second-order valence-electron chi connectivity index (χ2n) is 7.94. The van der Waals surface area contributed by atoms with E-state index >= 15 is 0 Å². The van der Waals surface area contributed by atoms with Gasteiger partial charge >= 0.3 is 0 Å². The Kier molecular flexibility index (Phi) is 6.99. The van der Waals surface area contributed by atoms with E-state index in [0.29, 0.717) is 5.16 Å². The topological polar surface area (TPSA) is 72.3 Å². The van der Waals surface area contributed by atoms with Crippen LogP contribution in [0.1, 0.15) is 26.2 Å². The molecule has 1 saturated heterocycles. The van der Waals surface area contributed by atoms with Crippen LogP contribution in [0.2, 0.25) is 0 Å². The Labute approximate surface area is 193 Å². The Morgan fingerprint density at radius 2 is 1.72 bits per heavy atom. The number of ether oxygens (including phenoxy) is 1. The molecule has 1 aliphatic heterocycles. The van der Waals surface area contributed by atoms with E-state index in [-0.39, 0.29) is 11.2 Å². The fourth-order valence-electron chi connectivity index (χ4n) is 3.77. The quantitative estimate of drug-likeness (QED) is 0.529. The third-order valence-corrected chi connectivity index (χ3v) is 6.82. The third-order valence-electron chi connectivity index (χ3n) is 5.69. The van der Waals surface area contributed by atoms with Crippen molar-refractivity contribution in [2.75, 3.05) is 30.4 Å². The van der Waals surface area contributed by atoms with Gasteiger partial charge in [0.1, 0.15) is 5.75 Å². The fraction of sp³-hybridized carbons (Fsp3) is 0.375. The molecule has 1 atom stereocenters. The molecule has 1 amide bonds. The van der Waals surface area contributed by atoms with Crippen molar-refractivity contribution < 1.29 is 9.53 Å². The van der Waals surface area contributed by atoms with E-state index in [0.717, 1.165) is 35.9 Å². The summed E-state index contributed by atoms with van der Waals surface area (Å²) in [6.07, 6.45) is 3.80. The average molecular weight is 452 g/mol. The molecule has 32 heavy (non-hydrogen) atoms. The predicted octanol–water partition coefficient (Wildman–Crippen LogP) is 4.60. The Morgan fingerprint density at radius 3 is 2.38 bits per heavy atom. The van der Waals surface area contributed by atoms with Gasteiger partial charge in [0, 0.05) is 37.1 Å². The number of anilines is 2. The zero-order valence-corrected chi connectivity index (χ0v) is 19.6. The number of carbonyl (C=O) groups is 1. The van der Waals surface area contributed by atoms with Gasteiger partial charge in [0.15, 0.2) is 11.0 Å². The lowest BCUT2D eigenvalue weighted by Gasteiger charge is -2.28. The molecule has 0 saturated carbocycles. The predicted molar refractivity (Wildman–Crippen MR) is 129 cm³/mol. The van der Waals surface area contributed by atoms with E-state index in [1.54, 1.807) is 7.11 Å². The van der Waals surface area contributed by atoms with Gasteiger partial charge in [-0.05, 0) is 74.7 Å². The van der Waals surface area contributed by atoms with E-state index < -0.39 is 0 Å². The van der Waals surface area contributed by atoms with Crippen LogP contribution in [0.4, 0.5) is 11.4 Å². The molecule has 0 spiro atoms. The summed E-state index contributed by atoms with van der Waals surface area (Å²) in [6, 6.07) is 15.8. The summed E-state index contributed by atoms with van der Waals surface area (Å²) < 4.78 is 7.12. The third kappa shape index (κ3) is 5.07. The van der Waals surface area contributed by atoms with E-state index in [2.05, 4.69) is 32.5 Å². The maximum Gasteiger partial charge on any atom is 0.237 e. The molecule has 1 aliphatic rings. The van der Waals surface area contributed by atoms with E-state index in [4.69, 9.17) is 4.74 Å². The minimum atomic E-state index is -0.316. The molecule has 0 radical (unpaired) electrons. The van der Waals surface area contributed by atoms with Gasteiger partial charge in [0.25, 0.3) is 0 Å². The van der Waals surface area contributed by atoms with Crippen molar-refractivity contribution in [2.45, 2.75) is 36.6 Å². The summed E-state index contributed by atoms with van der Waals surface area (Å²) in [5.41, 5.74) is 2.97. The summed E-state index contributed by atoms with van der Waals surface area (Å²) in [5.74, 6) is 1.48. The van der Waals surface area contributed by atoms with Crippen molar-refractivity contribution in [3.8, 4) is 17.1 Å². The molecule has 2 aromatic carbocycles. The molecule has 1 fully saturated rings. The first-order valence-electron chi connectivity index (χ1n) is 10.9. The number of nitrogens with zero attached hydrogens (tertiary/aromatic N) is 4. The molecule has 1 aromatic heterocycles. The summed E-state index contributed by atoms with van der Waals surface area (Å²) in [6.45, 7) is 4.09. The number of piperidine rings is 1. The largest absolute Gasteiger partial charge is 0.497 e. The minimum Gasteiger partial charge on any atom is -0.497 e. The number of amides is 1. The number of thioether (sulfide) groups is 1. The van der Waals surface area contributed by atoms with Crippen molar-refractivity contribution in [3.05, 3.63) is 48.5 Å². The van der Waals surface area contributed by atoms with Crippen LogP contribution in [0, 0.1) is 0 Å². The van der Waals surface area contributed by atoms with E-state index in [1.807, 2.05) is 54.9 Å². The number of nitrogens with one attached hydrogen (secondary N) is 1. The van der Waals surface area contributed by atoms with Crippen LogP contribution < -0.4 is 15.0 Å². The van der Waals surface area contributed by atoms with Gasteiger partial charge in [0.2, 0.25) is 5.91 Å². The molecule has 7 nitrogen and oxygen atoms in total. The number of benzene rings is 2. The fourth-order valence-corrected chi connectivity index (χ4v) is 4.59. The first-order valence-corrected chi connectivity index (χ1v) is 11.8. The van der Waals surface area contributed by atoms with Gasteiger partial charge < -0.3 is 19.5 Å². The van der Waals surface area contributed by atoms with Crippen molar-refractivity contribution in [3.63, 3.8) is 0 Å². The van der Waals surface area contributed by atoms with Gasteiger partial charge in [-0.2, -0.15) is 0 Å². The maximum absolute atomic E-state index is 12.7. The van der Waals surface area contributed by atoms with Crippen LogP contribution in [0.25, 0.3) is 11.4 Å². The number of carbonyl (C=O) groups excluding carboxylic acids is 1. The molecule has 1 N–H and O–H groups in total. The highest BCUT2D eigenvalue weighted by Crippen LogP contribution is 2.28. The van der Waals surface area contributed by atoms with Gasteiger partial charge in [-0.15, -0.1) is 10.2 Å². The Bertz CT molecular complexity index is 1040. The van der Waals surface area contributed by atoms with E-state index in [9.17, 15) is 4.79 Å². The molecule has 4 rings (SSSR count). The summed E-state index contributed by atoms with van der Waals surface area (Å²) in [4.78, 5) is 15.2. The van der Waals surface area contributed by atoms with Crippen LogP contribution >= 0.6 is 11.8 Å². The number of methoxy groups -OCH3 is 1. The smallest absolute Gasteiger partial charge is 0.237 e. The van der Waals surface area contributed by atoms with Crippen molar-refractivity contribution in [1.29, 1.82) is 0 Å². The first-order chi connectivity index (χ1) is 15.5. The van der Waals surface area contributed by atoms with Crippen LogP contribution in [0.15, 0.2) is 53.7 Å². The van der Waals surface area contributed by atoms with Crippen LogP contribution in [0.3, 0.4) is 0 Å². The normalized spacial score (nSPS) is 14.8. The molecule has 0 aliphatic carbocycles. The molecule has 0 bridgehead atoms. The van der Waals surface area contributed by atoms with Gasteiger partial charge in [-0.3, -0.25) is 4.79 Å². The second kappa shape index (κ2) is 10.1. The summed E-state index contributed by atoms with van der Waals surface area (Å²) >= 11 is 1.39. The highest BCUT2D eigenvalue weighted by molar-refractivity contribution is 8.00. The summed E-state index contributed by atoms with van der Waals surface area (Å²) in [5, 5.41) is 12.0. The average Bonchev–Trinajstić information content (AvgIpc) is 3.20. The Hall–Kier alpha value is -3.00. The highest BCUT2D eigenvalue weighted by Gasteiger charge is 2.20. The Balaban J connectivity index is 1.36. The molecule has 2 heterocycles. The van der Waals surface area contributed by atoms with Gasteiger partial charge in [-0.25, -0.2) is 0 Å². The number of hydrogen-bond acceptors (Lipinski definition) is 6. The highest BCUT2D eigenvalue weighted by atomic mass is 32.2. The molecular weight excluding hydrogens is 422 g/mol. The van der Waals surface area contributed by atoms with Gasteiger partial charge in [0.05, 0.1) is 12.4 Å². The molecular formula is C24H29N5O2S. The lowest BCUT2D eigenvalue weighted by molar-refractivity contribution is -0.115. The monoisotopic (exact) mass is 451 g/mol. The van der Waals surface area contributed by atoms with E-state index in [1.165, 1.54) is 36.7 Å². The molecule has 1 unspecified atom stereocenters. The van der Waals surface area contributed by atoms with Crippen LogP contribution in [-0.2, 0) is 11.8 Å². The SMILES string of the molecule is COc1ccc(-c2nnc(SC(C)C(=O)Nc3ccc(N4CCCCC4)cc3)n2C)cc1. The lowest BCUT2D eigenvalue weighted by Crippen LogP contribution is -2.29. The maximum atomic E-state index is 12.7. The van der Waals surface area contributed by atoms with Crippen molar-refractivity contribution in [1.82, 2.24) is 14.8 Å².